The number of primary amides is 1. The summed E-state index contributed by atoms with van der Waals surface area (Å²) in [5.74, 6) is 0.279. The Morgan fingerprint density at radius 2 is 1.70 bits per heavy atom. The van der Waals surface area contributed by atoms with Crippen LogP contribution in [0.15, 0.2) is 54.6 Å². The maximum atomic E-state index is 13.1. The number of likely N-dealkylation sites (tertiary alicyclic amines) is 1. The van der Waals surface area contributed by atoms with Crippen molar-refractivity contribution in [3.05, 3.63) is 60.2 Å². The number of methoxy groups -OCH3 is 1. The van der Waals surface area contributed by atoms with Crippen molar-refractivity contribution < 1.29 is 14.3 Å². The van der Waals surface area contributed by atoms with Crippen molar-refractivity contribution in [2.75, 3.05) is 25.5 Å². The van der Waals surface area contributed by atoms with Gasteiger partial charge in [-0.3, -0.25) is 14.5 Å². The van der Waals surface area contributed by atoms with E-state index in [1.54, 1.807) is 7.11 Å². The molecule has 1 fully saturated rings. The van der Waals surface area contributed by atoms with E-state index in [-0.39, 0.29) is 17.7 Å². The lowest BCUT2D eigenvalue weighted by molar-refractivity contribution is -0.125. The summed E-state index contributed by atoms with van der Waals surface area (Å²) in [5, 5.41) is 3.00. The fraction of sp³-hybridized carbons (Fsp3) is 0.333. The summed E-state index contributed by atoms with van der Waals surface area (Å²) >= 11 is 0. The highest BCUT2D eigenvalue weighted by Gasteiger charge is 2.32. The average molecular weight is 367 g/mol. The van der Waals surface area contributed by atoms with E-state index < -0.39 is 6.04 Å². The Balaban J connectivity index is 1.77. The number of ether oxygens (including phenoxy) is 1. The molecule has 0 radical (unpaired) electrons. The standard InChI is InChI=1S/C21H25N3O3/c1-27-18-9-7-17(8-10-18)23-21(26)19(15-5-3-2-4-6-15)24-13-11-16(12-14-24)20(22)25/h2-10,16,19H,11-14H2,1H3,(H2,22,25)(H,23,26). The average Bonchev–Trinajstić information content (AvgIpc) is 2.70. The van der Waals surface area contributed by atoms with Crippen LogP contribution in [0.4, 0.5) is 5.69 Å². The zero-order valence-electron chi connectivity index (χ0n) is 15.4. The third-order valence-corrected chi connectivity index (χ3v) is 5.02. The Labute approximate surface area is 159 Å². The van der Waals surface area contributed by atoms with Crippen molar-refractivity contribution in [2.24, 2.45) is 11.7 Å². The second-order valence-corrected chi connectivity index (χ2v) is 6.74. The maximum Gasteiger partial charge on any atom is 0.246 e. The van der Waals surface area contributed by atoms with Crippen molar-refractivity contribution in [2.45, 2.75) is 18.9 Å². The fourth-order valence-corrected chi connectivity index (χ4v) is 3.49. The molecule has 27 heavy (non-hydrogen) atoms. The number of piperidine rings is 1. The van der Waals surface area contributed by atoms with Crippen LogP contribution in [0.1, 0.15) is 24.4 Å². The van der Waals surface area contributed by atoms with Crippen LogP contribution >= 0.6 is 0 Å². The molecule has 0 saturated carbocycles. The van der Waals surface area contributed by atoms with Gasteiger partial charge >= 0.3 is 0 Å². The van der Waals surface area contributed by atoms with Gasteiger partial charge < -0.3 is 15.8 Å². The van der Waals surface area contributed by atoms with Crippen LogP contribution in [0.5, 0.6) is 5.75 Å². The van der Waals surface area contributed by atoms with Gasteiger partial charge in [0.15, 0.2) is 0 Å². The predicted molar refractivity (Wildman–Crippen MR) is 104 cm³/mol. The largest absolute Gasteiger partial charge is 0.497 e. The molecule has 1 saturated heterocycles. The molecule has 6 nitrogen and oxygen atoms in total. The smallest absolute Gasteiger partial charge is 0.246 e. The summed E-state index contributed by atoms with van der Waals surface area (Å²) < 4.78 is 5.16. The maximum absolute atomic E-state index is 13.1. The van der Waals surface area contributed by atoms with Gasteiger partial charge in [0, 0.05) is 11.6 Å². The van der Waals surface area contributed by atoms with E-state index in [9.17, 15) is 9.59 Å². The van der Waals surface area contributed by atoms with Crippen LogP contribution in [-0.4, -0.2) is 36.9 Å². The van der Waals surface area contributed by atoms with Gasteiger partial charge in [0.05, 0.1) is 7.11 Å². The molecule has 0 aliphatic carbocycles. The van der Waals surface area contributed by atoms with E-state index in [1.165, 1.54) is 0 Å². The van der Waals surface area contributed by atoms with Gasteiger partial charge in [0.2, 0.25) is 11.8 Å². The zero-order chi connectivity index (χ0) is 19.2. The van der Waals surface area contributed by atoms with Crippen LogP contribution < -0.4 is 15.8 Å². The number of amides is 2. The normalized spacial score (nSPS) is 16.5. The van der Waals surface area contributed by atoms with Crippen molar-refractivity contribution in [3.8, 4) is 5.75 Å². The highest BCUT2D eigenvalue weighted by molar-refractivity contribution is 5.95. The molecule has 142 valence electrons. The van der Waals surface area contributed by atoms with Crippen LogP contribution in [0, 0.1) is 5.92 Å². The molecule has 1 unspecified atom stereocenters. The molecule has 3 rings (SSSR count). The zero-order valence-corrected chi connectivity index (χ0v) is 15.4. The molecule has 1 heterocycles. The van der Waals surface area contributed by atoms with Crippen LogP contribution in [0.2, 0.25) is 0 Å². The Hall–Kier alpha value is -2.86. The summed E-state index contributed by atoms with van der Waals surface area (Å²) in [6, 6.07) is 16.5. The van der Waals surface area contributed by atoms with Gasteiger partial charge in [-0.05, 0) is 55.8 Å². The second kappa shape index (κ2) is 8.68. The molecule has 0 bridgehead atoms. The molecule has 6 heteroatoms. The molecule has 1 aliphatic heterocycles. The Bertz CT molecular complexity index is 769. The second-order valence-electron chi connectivity index (χ2n) is 6.74. The summed E-state index contributed by atoms with van der Waals surface area (Å²) in [6.45, 7) is 1.31. The van der Waals surface area contributed by atoms with E-state index >= 15 is 0 Å². The molecule has 2 aromatic rings. The molecule has 1 aliphatic rings. The van der Waals surface area contributed by atoms with Crippen molar-refractivity contribution in [1.29, 1.82) is 0 Å². The van der Waals surface area contributed by atoms with Gasteiger partial charge in [0.25, 0.3) is 0 Å². The fourth-order valence-electron chi connectivity index (χ4n) is 3.49. The topological polar surface area (TPSA) is 84.7 Å². The summed E-state index contributed by atoms with van der Waals surface area (Å²) in [6.07, 6.45) is 1.35. The number of hydrogen-bond donors (Lipinski definition) is 2. The lowest BCUT2D eigenvalue weighted by Gasteiger charge is -2.36. The van der Waals surface area contributed by atoms with E-state index in [4.69, 9.17) is 10.5 Å². The minimum absolute atomic E-state index is 0.0936. The third-order valence-electron chi connectivity index (χ3n) is 5.02. The summed E-state index contributed by atoms with van der Waals surface area (Å²) in [4.78, 5) is 26.7. The van der Waals surface area contributed by atoms with Gasteiger partial charge in [-0.2, -0.15) is 0 Å². The lowest BCUT2D eigenvalue weighted by atomic mass is 9.93. The van der Waals surface area contributed by atoms with Crippen LogP contribution in [0.25, 0.3) is 0 Å². The highest BCUT2D eigenvalue weighted by Crippen LogP contribution is 2.28. The van der Waals surface area contributed by atoms with Crippen molar-refractivity contribution in [1.82, 2.24) is 4.90 Å². The molecule has 0 spiro atoms. The number of carbonyl (C=O) groups excluding carboxylic acids is 2. The third kappa shape index (κ3) is 4.65. The quantitative estimate of drug-likeness (QED) is 0.822. The number of nitrogens with two attached hydrogens (primary N) is 1. The summed E-state index contributed by atoms with van der Waals surface area (Å²) in [5.41, 5.74) is 7.09. The molecule has 3 N–H and O–H groups in total. The first kappa shape index (κ1) is 18.9. The molecule has 2 amide bonds. The van der Waals surface area contributed by atoms with Gasteiger partial charge in [-0.15, -0.1) is 0 Å². The first-order valence-electron chi connectivity index (χ1n) is 9.11. The number of nitrogens with one attached hydrogen (secondary N) is 1. The van der Waals surface area contributed by atoms with Crippen LogP contribution in [-0.2, 0) is 9.59 Å². The molecule has 1 atom stereocenters. The van der Waals surface area contributed by atoms with E-state index in [1.807, 2.05) is 54.6 Å². The SMILES string of the molecule is COc1ccc(NC(=O)C(c2ccccc2)N2CCC(C(N)=O)CC2)cc1. The number of rotatable bonds is 6. The number of carbonyl (C=O) groups is 2. The first-order chi connectivity index (χ1) is 13.1. The summed E-state index contributed by atoms with van der Waals surface area (Å²) in [7, 11) is 1.61. The number of benzene rings is 2. The molecule has 2 aromatic carbocycles. The molecule has 0 aromatic heterocycles. The number of hydrogen-bond acceptors (Lipinski definition) is 4. The van der Waals surface area contributed by atoms with Gasteiger partial charge in [-0.25, -0.2) is 0 Å². The molecular weight excluding hydrogens is 342 g/mol. The van der Waals surface area contributed by atoms with Crippen molar-refractivity contribution in [3.63, 3.8) is 0 Å². The number of nitrogens with zero attached hydrogens (tertiary/aromatic N) is 1. The monoisotopic (exact) mass is 367 g/mol. The van der Waals surface area contributed by atoms with E-state index in [0.717, 1.165) is 11.3 Å². The number of anilines is 1. The lowest BCUT2D eigenvalue weighted by Crippen LogP contribution is -2.44. The van der Waals surface area contributed by atoms with Crippen LogP contribution in [0.3, 0.4) is 0 Å². The van der Waals surface area contributed by atoms with Crippen molar-refractivity contribution >= 4 is 17.5 Å². The predicted octanol–water partition coefficient (Wildman–Crippen LogP) is 2.57. The van der Waals surface area contributed by atoms with Gasteiger partial charge in [-0.1, -0.05) is 30.3 Å². The Kier molecular flexibility index (Phi) is 6.08. The Morgan fingerprint density at radius 1 is 1.07 bits per heavy atom. The van der Waals surface area contributed by atoms with E-state index in [2.05, 4.69) is 10.2 Å². The molecular formula is C21H25N3O3. The van der Waals surface area contributed by atoms with E-state index in [0.29, 0.717) is 31.6 Å². The van der Waals surface area contributed by atoms with Gasteiger partial charge in [0.1, 0.15) is 11.8 Å². The Morgan fingerprint density at radius 3 is 2.26 bits per heavy atom. The highest BCUT2D eigenvalue weighted by atomic mass is 16.5. The minimum atomic E-state index is -0.415. The minimum Gasteiger partial charge on any atom is -0.497 e. The first-order valence-corrected chi connectivity index (χ1v) is 9.11.